The van der Waals surface area contributed by atoms with Crippen LogP contribution in [0, 0.1) is 0 Å². The summed E-state index contributed by atoms with van der Waals surface area (Å²) < 4.78 is 0. The first-order valence-corrected chi connectivity index (χ1v) is 12.7. The van der Waals surface area contributed by atoms with Crippen LogP contribution in [-0.2, 0) is 0 Å². The molecule has 0 amide bonds. The van der Waals surface area contributed by atoms with Gasteiger partial charge in [-0.15, -0.1) is 0 Å². The SMILES string of the molecule is c1ccc(-c2ccc(N(c3ccccc3)c3cc4ccc5ccccc5c4c4ccccc34)cc2)cc1. The largest absolute Gasteiger partial charge is 0.310 e. The van der Waals surface area contributed by atoms with E-state index in [0.717, 1.165) is 11.4 Å². The van der Waals surface area contributed by atoms with Crippen molar-refractivity contribution in [3.05, 3.63) is 152 Å². The molecule has 0 aliphatic rings. The van der Waals surface area contributed by atoms with Crippen LogP contribution in [-0.4, -0.2) is 0 Å². The lowest BCUT2D eigenvalue weighted by Crippen LogP contribution is -2.10. The van der Waals surface area contributed by atoms with Gasteiger partial charge in [-0.2, -0.15) is 0 Å². The van der Waals surface area contributed by atoms with Gasteiger partial charge in [-0.3, -0.25) is 0 Å². The molecule has 7 rings (SSSR count). The predicted molar refractivity (Wildman–Crippen MR) is 159 cm³/mol. The molecule has 7 aromatic rings. The lowest BCUT2D eigenvalue weighted by molar-refractivity contribution is 1.30. The molecular weight excluding hydrogens is 446 g/mol. The molecule has 0 bridgehead atoms. The van der Waals surface area contributed by atoms with E-state index < -0.39 is 0 Å². The van der Waals surface area contributed by atoms with Gasteiger partial charge in [0.1, 0.15) is 0 Å². The second-order valence-electron chi connectivity index (χ2n) is 9.41. The molecule has 0 unspecified atom stereocenters. The van der Waals surface area contributed by atoms with Crippen LogP contribution in [0.1, 0.15) is 0 Å². The number of anilines is 3. The summed E-state index contributed by atoms with van der Waals surface area (Å²) in [5.41, 5.74) is 5.89. The van der Waals surface area contributed by atoms with Crippen LogP contribution in [0.4, 0.5) is 17.1 Å². The molecule has 0 fully saturated rings. The van der Waals surface area contributed by atoms with Crippen LogP contribution in [0.5, 0.6) is 0 Å². The summed E-state index contributed by atoms with van der Waals surface area (Å²) in [6, 6.07) is 54.4. The molecule has 37 heavy (non-hydrogen) atoms. The van der Waals surface area contributed by atoms with Crippen LogP contribution >= 0.6 is 0 Å². The van der Waals surface area contributed by atoms with E-state index in [9.17, 15) is 0 Å². The van der Waals surface area contributed by atoms with Gasteiger partial charge in [0.25, 0.3) is 0 Å². The second-order valence-corrected chi connectivity index (χ2v) is 9.41. The maximum Gasteiger partial charge on any atom is 0.0546 e. The molecule has 0 heterocycles. The van der Waals surface area contributed by atoms with Crippen LogP contribution in [0.25, 0.3) is 43.4 Å². The summed E-state index contributed by atoms with van der Waals surface area (Å²) in [5, 5.41) is 7.63. The number of nitrogens with zero attached hydrogens (tertiary/aromatic N) is 1. The molecule has 0 atom stereocenters. The highest BCUT2D eigenvalue weighted by Gasteiger charge is 2.18. The number of hydrogen-bond donors (Lipinski definition) is 0. The molecule has 0 aromatic heterocycles. The van der Waals surface area contributed by atoms with Gasteiger partial charge in [-0.1, -0.05) is 121 Å². The zero-order valence-electron chi connectivity index (χ0n) is 20.4. The third kappa shape index (κ3) is 3.73. The van der Waals surface area contributed by atoms with Crippen molar-refractivity contribution < 1.29 is 0 Å². The van der Waals surface area contributed by atoms with E-state index in [0.29, 0.717) is 0 Å². The maximum atomic E-state index is 2.38. The maximum absolute atomic E-state index is 2.38. The van der Waals surface area contributed by atoms with Gasteiger partial charge in [0.2, 0.25) is 0 Å². The Hall–Kier alpha value is -4.88. The Morgan fingerprint density at radius 3 is 1.65 bits per heavy atom. The zero-order valence-corrected chi connectivity index (χ0v) is 20.4. The molecule has 0 saturated heterocycles. The second kappa shape index (κ2) is 8.96. The lowest BCUT2D eigenvalue weighted by Gasteiger charge is -2.28. The molecule has 0 aliphatic carbocycles. The van der Waals surface area contributed by atoms with Crippen molar-refractivity contribution in [3.8, 4) is 11.1 Å². The van der Waals surface area contributed by atoms with Crippen LogP contribution in [0.2, 0.25) is 0 Å². The van der Waals surface area contributed by atoms with Crippen molar-refractivity contribution in [1.29, 1.82) is 0 Å². The van der Waals surface area contributed by atoms with Crippen molar-refractivity contribution >= 4 is 49.4 Å². The Kier molecular flexibility index (Phi) is 5.19. The monoisotopic (exact) mass is 471 g/mol. The fourth-order valence-corrected chi connectivity index (χ4v) is 5.48. The quantitative estimate of drug-likeness (QED) is 0.231. The molecule has 1 heteroatoms. The van der Waals surface area contributed by atoms with E-state index in [2.05, 4.69) is 157 Å². The zero-order chi connectivity index (χ0) is 24.6. The van der Waals surface area contributed by atoms with E-state index >= 15 is 0 Å². The van der Waals surface area contributed by atoms with Crippen molar-refractivity contribution in [1.82, 2.24) is 0 Å². The minimum absolute atomic E-state index is 1.14. The molecule has 0 aliphatic heterocycles. The average Bonchev–Trinajstić information content (AvgIpc) is 2.98. The van der Waals surface area contributed by atoms with E-state index in [1.54, 1.807) is 0 Å². The van der Waals surface area contributed by atoms with E-state index in [4.69, 9.17) is 0 Å². The third-order valence-electron chi connectivity index (χ3n) is 7.21. The average molecular weight is 472 g/mol. The van der Waals surface area contributed by atoms with Crippen molar-refractivity contribution in [3.63, 3.8) is 0 Å². The summed E-state index contributed by atoms with van der Waals surface area (Å²) in [6.07, 6.45) is 0. The number of para-hydroxylation sites is 1. The predicted octanol–water partition coefficient (Wildman–Crippen LogP) is 10.3. The summed E-state index contributed by atoms with van der Waals surface area (Å²) in [7, 11) is 0. The van der Waals surface area contributed by atoms with Gasteiger partial charge >= 0.3 is 0 Å². The normalized spacial score (nSPS) is 11.2. The van der Waals surface area contributed by atoms with Gasteiger partial charge in [-0.05, 0) is 68.4 Å². The first-order valence-electron chi connectivity index (χ1n) is 12.7. The number of fused-ring (bicyclic) bond motifs is 5. The molecule has 174 valence electrons. The number of benzene rings is 7. The van der Waals surface area contributed by atoms with Gasteiger partial charge in [0, 0.05) is 16.8 Å². The highest BCUT2D eigenvalue weighted by Crippen LogP contribution is 2.43. The lowest BCUT2D eigenvalue weighted by atomic mass is 9.94. The molecule has 1 nitrogen and oxygen atoms in total. The van der Waals surface area contributed by atoms with E-state index in [1.807, 2.05) is 0 Å². The molecule has 0 saturated carbocycles. The van der Waals surface area contributed by atoms with E-state index in [1.165, 1.54) is 49.1 Å². The first-order chi connectivity index (χ1) is 18.4. The highest BCUT2D eigenvalue weighted by molar-refractivity contribution is 6.23. The van der Waals surface area contributed by atoms with Gasteiger partial charge < -0.3 is 4.90 Å². The Morgan fingerprint density at radius 1 is 0.351 bits per heavy atom. The molecule has 0 spiro atoms. The highest BCUT2D eigenvalue weighted by atomic mass is 15.1. The van der Waals surface area contributed by atoms with E-state index in [-0.39, 0.29) is 0 Å². The molecule has 7 aromatic carbocycles. The van der Waals surface area contributed by atoms with Crippen molar-refractivity contribution in [2.24, 2.45) is 0 Å². The summed E-state index contributed by atoms with van der Waals surface area (Å²) in [5.74, 6) is 0. The van der Waals surface area contributed by atoms with Crippen molar-refractivity contribution in [2.75, 3.05) is 4.90 Å². The summed E-state index contributed by atoms with van der Waals surface area (Å²) >= 11 is 0. The summed E-state index contributed by atoms with van der Waals surface area (Å²) in [4.78, 5) is 2.38. The minimum Gasteiger partial charge on any atom is -0.310 e. The minimum atomic E-state index is 1.14. The molecule has 0 N–H and O–H groups in total. The van der Waals surface area contributed by atoms with Gasteiger partial charge in [0.05, 0.1) is 5.69 Å². The van der Waals surface area contributed by atoms with Crippen molar-refractivity contribution in [2.45, 2.75) is 0 Å². The topological polar surface area (TPSA) is 3.24 Å². The van der Waals surface area contributed by atoms with Crippen LogP contribution in [0.15, 0.2) is 152 Å². The number of rotatable bonds is 4. The Labute approximate surface area is 216 Å². The number of hydrogen-bond acceptors (Lipinski definition) is 1. The Bertz CT molecular complexity index is 1850. The third-order valence-corrected chi connectivity index (χ3v) is 7.21. The van der Waals surface area contributed by atoms with Gasteiger partial charge in [-0.25, -0.2) is 0 Å². The fourth-order valence-electron chi connectivity index (χ4n) is 5.48. The standard InChI is InChI=1S/C36H25N/c1-3-11-26(12-4-1)27-21-23-31(24-22-27)37(30-14-5-2-6-15-30)35-25-29-20-19-28-13-7-8-16-32(28)36(29)34-18-10-9-17-33(34)35/h1-25H. The molecular formula is C36H25N. The summed E-state index contributed by atoms with van der Waals surface area (Å²) in [6.45, 7) is 0. The van der Waals surface area contributed by atoms with Crippen LogP contribution in [0.3, 0.4) is 0 Å². The van der Waals surface area contributed by atoms with Gasteiger partial charge in [0.15, 0.2) is 0 Å². The van der Waals surface area contributed by atoms with Crippen LogP contribution < -0.4 is 4.90 Å². The fraction of sp³-hybridized carbons (Fsp3) is 0. The Morgan fingerprint density at radius 2 is 0.892 bits per heavy atom. The Balaban J connectivity index is 1.49. The first kappa shape index (κ1) is 21.4. The molecule has 0 radical (unpaired) electrons. The smallest absolute Gasteiger partial charge is 0.0546 e.